The number of nitrogens with one attached hydrogen (secondary N) is 2. The van der Waals surface area contributed by atoms with E-state index in [9.17, 15) is 9.90 Å². The molecule has 3 heterocycles. The van der Waals surface area contributed by atoms with E-state index in [1.165, 1.54) is 6.42 Å². The average molecular weight is 329 g/mol. The number of pyridine rings is 1. The summed E-state index contributed by atoms with van der Waals surface area (Å²) in [5, 5.41) is 19.3. The van der Waals surface area contributed by atoms with Crippen molar-refractivity contribution in [3.63, 3.8) is 0 Å². The third kappa shape index (κ3) is 3.98. The minimum atomic E-state index is -0.166. The number of aliphatic hydroxyl groups excluding tert-OH is 1. The SMILES string of the molecule is O=C(NCCN1CCCC[C@@H]1CO)c1cc(-c2ccncc2)n[nH]1. The Morgan fingerprint density at radius 1 is 1.38 bits per heavy atom. The lowest BCUT2D eigenvalue weighted by Crippen LogP contribution is -2.45. The predicted molar refractivity (Wildman–Crippen MR) is 90.4 cm³/mol. The van der Waals surface area contributed by atoms with Crippen molar-refractivity contribution in [2.75, 3.05) is 26.2 Å². The monoisotopic (exact) mass is 329 g/mol. The van der Waals surface area contributed by atoms with Crippen molar-refractivity contribution in [3.8, 4) is 11.3 Å². The molecule has 0 spiro atoms. The molecule has 1 amide bonds. The summed E-state index contributed by atoms with van der Waals surface area (Å²) < 4.78 is 0. The Balaban J connectivity index is 1.51. The molecule has 0 saturated carbocycles. The van der Waals surface area contributed by atoms with Crippen LogP contribution in [-0.2, 0) is 0 Å². The predicted octanol–water partition coefficient (Wildman–Crippen LogP) is 1.05. The van der Waals surface area contributed by atoms with Gasteiger partial charge in [0.1, 0.15) is 5.69 Å². The zero-order chi connectivity index (χ0) is 16.8. The molecule has 0 bridgehead atoms. The first-order chi connectivity index (χ1) is 11.8. The minimum Gasteiger partial charge on any atom is -0.395 e. The molecule has 3 N–H and O–H groups in total. The molecule has 0 radical (unpaired) electrons. The van der Waals surface area contributed by atoms with Crippen molar-refractivity contribution in [3.05, 3.63) is 36.3 Å². The minimum absolute atomic E-state index is 0.166. The van der Waals surface area contributed by atoms with Crippen LogP contribution >= 0.6 is 0 Å². The first-order valence-electron chi connectivity index (χ1n) is 8.37. The standard InChI is InChI=1S/C17H23N5O2/c23-12-14-3-1-2-9-22(14)10-8-19-17(24)16-11-15(20-21-16)13-4-6-18-7-5-13/h4-7,11,14,23H,1-3,8-10,12H2,(H,19,24)(H,20,21)/t14-/m1/s1. The summed E-state index contributed by atoms with van der Waals surface area (Å²) in [7, 11) is 0. The Bertz CT molecular complexity index is 658. The molecule has 7 nitrogen and oxygen atoms in total. The van der Waals surface area contributed by atoms with Gasteiger partial charge < -0.3 is 10.4 Å². The number of rotatable bonds is 6. The number of aliphatic hydroxyl groups is 1. The number of piperidine rings is 1. The summed E-state index contributed by atoms with van der Waals surface area (Å²) in [6.45, 7) is 2.47. The van der Waals surface area contributed by atoms with Gasteiger partial charge in [-0.1, -0.05) is 6.42 Å². The summed E-state index contributed by atoms with van der Waals surface area (Å²) in [4.78, 5) is 18.4. The lowest BCUT2D eigenvalue weighted by atomic mass is 10.0. The molecule has 1 atom stereocenters. The number of hydrogen-bond donors (Lipinski definition) is 3. The Labute approximate surface area is 141 Å². The zero-order valence-corrected chi connectivity index (χ0v) is 13.6. The lowest BCUT2D eigenvalue weighted by molar-refractivity contribution is 0.0847. The van der Waals surface area contributed by atoms with Crippen LogP contribution in [-0.4, -0.2) is 63.4 Å². The van der Waals surface area contributed by atoms with Gasteiger partial charge in [0, 0.05) is 37.1 Å². The van der Waals surface area contributed by atoms with Crippen LogP contribution in [0.1, 0.15) is 29.8 Å². The third-order valence-electron chi connectivity index (χ3n) is 4.44. The molecule has 1 saturated heterocycles. The summed E-state index contributed by atoms with van der Waals surface area (Å²) >= 11 is 0. The van der Waals surface area contributed by atoms with Gasteiger partial charge in [0.25, 0.3) is 5.91 Å². The fraction of sp³-hybridized carbons (Fsp3) is 0.471. The highest BCUT2D eigenvalue weighted by Gasteiger charge is 2.21. The van der Waals surface area contributed by atoms with E-state index in [1.54, 1.807) is 18.5 Å². The number of likely N-dealkylation sites (tertiary alicyclic amines) is 1. The molecule has 128 valence electrons. The van der Waals surface area contributed by atoms with E-state index in [1.807, 2.05) is 12.1 Å². The van der Waals surface area contributed by atoms with Gasteiger partial charge in [-0.25, -0.2) is 0 Å². The second-order valence-corrected chi connectivity index (χ2v) is 6.03. The van der Waals surface area contributed by atoms with Crippen molar-refractivity contribution in [1.82, 2.24) is 25.4 Å². The van der Waals surface area contributed by atoms with Crippen LogP contribution in [0.4, 0.5) is 0 Å². The highest BCUT2D eigenvalue weighted by atomic mass is 16.3. The van der Waals surface area contributed by atoms with E-state index in [0.717, 1.165) is 37.2 Å². The van der Waals surface area contributed by atoms with E-state index in [2.05, 4.69) is 25.4 Å². The molecule has 1 aliphatic heterocycles. The fourth-order valence-electron chi connectivity index (χ4n) is 3.08. The number of nitrogens with zero attached hydrogens (tertiary/aromatic N) is 3. The Kier molecular flexibility index (Phi) is 5.55. The molecule has 1 fully saturated rings. The number of carbonyl (C=O) groups excluding carboxylic acids is 1. The molecule has 0 aromatic carbocycles. The van der Waals surface area contributed by atoms with E-state index in [0.29, 0.717) is 12.2 Å². The number of amides is 1. The van der Waals surface area contributed by atoms with Gasteiger partial charge in [0.05, 0.1) is 12.3 Å². The molecule has 0 unspecified atom stereocenters. The summed E-state index contributed by atoms with van der Waals surface area (Å²) in [5.74, 6) is -0.166. The Hall–Kier alpha value is -2.25. The second kappa shape index (κ2) is 8.03. The topological polar surface area (TPSA) is 94.1 Å². The van der Waals surface area contributed by atoms with E-state index in [-0.39, 0.29) is 18.6 Å². The lowest BCUT2D eigenvalue weighted by Gasteiger charge is -2.34. The van der Waals surface area contributed by atoms with Crippen LogP contribution in [0.5, 0.6) is 0 Å². The van der Waals surface area contributed by atoms with Gasteiger partial charge in [-0.15, -0.1) is 0 Å². The number of carbonyl (C=O) groups is 1. The molecule has 2 aromatic heterocycles. The van der Waals surface area contributed by atoms with E-state index < -0.39 is 0 Å². The molecular formula is C17H23N5O2. The largest absolute Gasteiger partial charge is 0.395 e. The van der Waals surface area contributed by atoms with Crippen molar-refractivity contribution >= 4 is 5.91 Å². The average Bonchev–Trinajstić information content (AvgIpc) is 3.13. The van der Waals surface area contributed by atoms with Crippen molar-refractivity contribution in [2.24, 2.45) is 0 Å². The smallest absolute Gasteiger partial charge is 0.269 e. The number of H-pyrrole nitrogens is 1. The third-order valence-corrected chi connectivity index (χ3v) is 4.44. The summed E-state index contributed by atoms with van der Waals surface area (Å²) in [5.41, 5.74) is 2.08. The van der Waals surface area contributed by atoms with Crippen LogP contribution in [0.3, 0.4) is 0 Å². The normalized spacial score (nSPS) is 18.5. The van der Waals surface area contributed by atoms with Gasteiger partial charge >= 0.3 is 0 Å². The van der Waals surface area contributed by atoms with Crippen molar-refractivity contribution in [1.29, 1.82) is 0 Å². The first-order valence-corrected chi connectivity index (χ1v) is 8.37. The maximum absolute atomic E-state index is 12.2. The molecule has 0 aliphatic carbocycles. The summed E-state index contributed by atoms with van der Waals surface area (Å²) in [6, 6.07) is 5.66. The van der Waals surface area contributed by atoms with E-state index in [4.69, 9.17) is 0 Å². The first kappa shape index (κ1) is 16.6. The maximum Gasteiger partial charge on any atom is 0.269 e. The summed E-state index contributed by atoms with van der Waals surface area (Å²) in [6.07, 6.45) is 6.74. The molecule has 1 aliphatic rings. The van der Waals surface area contributed by atoms with Gasteiger partial charge in [-0.05, 0) is 37.6 Å². The molecule has 24 heavy (non-hydrogen) atoms. The fourth-order valence-corrected chi connectivity index (χ4v) is 3.08. The molecule has 2 aromatic rings. The van der Waals surface area contributed by atoms with Gasteiger partial charge in [0.15, 0.2) is 0 Å². The van der Waals surface area contributed by atoms with Crippen LogP contribution in [0.2, 0.25) is 0 Å². The zero-order valence-electron chi connectivity index (χ0n) is 13.6. The molecule has 7 heteroatoms. The van der Waals surface area contributed by atoms with Crippen LogP contribution in [0, 0.1) is 0 Å². The van der Waals surface area contributed by atoms with Crippen molar-refractivity contribution < 1.29 is 9.90 Å². The maximum atomic E-state index is 12.2. The van der Waals surface area contributed by atoms with Crippen molar-refractivity contribution in [2.45, 2.75) is 25.3 Å². The Morgan fingerprint density at radius 3 is 3.00 bits per heavy atom. The van der Waals surface area contributed by atoms with Gasteiger partial charge in [-0.3, -0.25) is 19.8 Å². The number of aromatic nitrogens is 3. The number of hydrogen-bond acceptors (Lipinski definition) is 5. The van der Waals surface area contributed by atoms with Crippen LogP contribution in [0.15, 0.2) is 30.6 Å². The van der Waals surface area contributed by atoms with Gasteiger partial charge in [0.2, 0.25) is 0 Å². The van der Waals surface area contributed by atoms with E-state index >= 15 is 0 Å². The van der Waals surface area contributed by atoms with Gasteiger partial charge in [-0.2, -0.15) is 5.10 Å². The van der Waals surface area contributed by atoms with Crippen LogP contribution in [0.25, 0.3) is 11.3 Å². The second-order valence-electron chi connectivity index (χ2n) is 6.03. The quantitative estimate of drug-likeness (QED) is 0.736. The highest BCUT2D eigenvalue weighted by molar-refractivity contribution is 5.93. The Morgan fingerprint density at radius 2 is 2.21 bits per heavy atom. The molecular weight excluding hydrogens is 306 g/mol. The highest BCUT2D eigenvalue weighted by Crippen LogP contribution is 2.17. The van der Waals surface area contributed by atoms with Crippen LogP contribution < -0.4 is 5.32 Å². The molecule has 3 rings (SSSR count). The number of aromatic amines is 1.